The highest BCUT2D eigenvalue weighted by Gasteiger charge is 2.47. The second-order valence-corrected chi connectivity index (χ2v) is 29.3. The molecule has 0 aromatic carbocycles. The molecule has 24 heteroatoms. The van der Waals surface area contributed by atoms with E-state index in [1.807, 2.05) is 82.2 Å². The first-order valence-electron chi connectivity index (χ1n) is 34.8. The first kappa shape index (κ1) is 83.9. The summed E-state index contributed by atoms with van der Waals surface area (Å²) in [6.07, 6.45) is 6.53. The lowest BCUT2D eigenvalue weighted by Crippen LogP contribution is -2.63. The Morgan fingerprint density at radius 2 is 0.894 bits per heavy atom. The van der Waals surface area contributed by atoms with E-state index < -0.39 is 156 Å². The van der Waals surface area contributed by atoms with Gasteiger partial charge >= 0.3 is 0 Å². The molecule has 4 N–H and O–H groups in total. The van der Waals surface area contributed by atoms with Crippen molar-refractivity contribution in [3.05, 3.63) is 12.2 Å². The summed E-state index contributed by atoms with van der Waals surface area (Å²) in [6, 6.07) is -12.3. The summed E-state index contributed by atoms with van der Waals surface area (Å²) < 4.78 is 0. The highest BCUT2D eigenvalue weighted by Crippen LogP contribution is 2.27. The Kier molecular flexibility index (Phi) is 34.9. The van der Waals surface area contributed by atoms with Gasteiger partial charge in [-0.2, -0.15) is 0 Å². The number of rotatable bonds is 20. The van der Waals surface area contributed by atoms with E-state index >= 15 is 24.0 Å². The van der Waals surface area contributed by atoms with E-state index in [2.05, 4.69) is 20.9 Å². The van der Waals surface area contributed by atoms with Gasteiger partial charge in [-0.05, 0) is 146 Å². The average Bonchev–Trinajstić information content (AvgIpc) is 0.832. The Labute approximate surface area is 564 Å². The van der Waals surface area contributed by atoms with Gasteiger partial charge < -0.3 is 65.2 Å². The fraction of sp³-hybridized carbons (Fsp3) is 0.814. The van der Waals surface area contributed by atoms with Crippen LogP contribution in [0.4, 0.5) is 0 Å². The number of nitrogens with zero attached hydrogens (tertiary/aromatic N) is 9. The van der Waals surface area contributed by atoms with Gasteiger partial charge in [0.25, 0.3) is 0 Å². The fourth-order valence-electron chi connectivity index (χ4n) is 12.9. The summed E-state index contributed by atoms with van der Waals surface area (Å²) >= 11 is 0. The summed E-state index contributed by atoms with van der Waals surface area (Å²) in [7, 11) is 10.1. The van der Waals surface area contributed by atoms with Crippen LogP contribution < -0.4 is 16.0 Å². The van der Waals surface area contributed by atoms with Crippen molar-refractivity contribution in [2.45, 2.75) is 248 Å². The quantitative estimate of drug-likeness (QED) is 0.0939. The summed E-state index contributed by atoms with van der Waals surface area (Å²) in [5.74, 6) is -9.35. The number of carbonyl (C=O) groups is 11. The maximum Gasteiger partial charge on any atom is 0.246 e. The van der Waals surface area contributed by atoms with Gasteiger partial charge in [0.2, 0.25) is 65.0 Å². The topological polar surface area (TPSA) is 273 Å². The third-order valence-corrected chi connectivity index (χ3v) is 18.7. The van der Waals surface area contributed by atoms with Crippen molar-refractivity contribution in [3.63, 3.8) is 0 Å². The van der Waals surface area contributed by atoms with Gasteiger partial charge in [-0.25, -0.2) is 0 Å². The van der Waals surface area contributed by atoms with Gasteiger partial charge in [0.1, 0.15) is 60.4 Å². The number of carbonyl (C=O) groups excluding carboxylic acids is 11. The van der Waals surface area contributed by atoms with E-state index in [1.54, 1.807) is 38.7 Å². The van der Waals surface area contributed by atoms with Crippen LogP contribution in [0.2, 0.25) is 0 Å². The number of amides is 11. The molecule has 0 radical (unpaired) electrons. The van der Waals surface area contributed by atoms with E-state index in [0.29, 0.717) is 19.3 Å². The van der Waals surface area contributed by atoms with Gasteiger partial charge in [0, 0.05) is 55.9 Å². The van der Waals surface area contributed by atoms with Crippen LogP contribution in [-0.4, -0.2) is 263 Å². The summed E-state index contributed by atoms with van der Waals surface area (Å²) in [5, 5.41) is 20.5. The largest absolute Gasteiger partial charge is 0.390 e. The number of likely N-dealkylation sites (tertiary alicyclic amines) is 1. The molecular weight excluding hydrogens is 1200 g/mol. The molecule has 538 valence electrons. The number of allylic oxidation sites excluding steroid dienone is 2. The van der Waals surface area contributed by atoms with Gasteiger partial charge in [-0.15, -0.1) is 0 Å². The minimum absolute atomic E-state index is 0.0256. The van der Waals surface area contributed by atoms with Crippen LogP contribution in [0.3, 0.4) is 0 Å². The number of nitrogens with one attached hydrogen (secondary N) is 3. The number of likely N-dealkylation sites (N-methyl/N-ethyl adjacent to an activating group) is 7. The third kappa shape index (κ3) is 23.6. The molecule has 0 bridgehead atoms. The average molecular weight is 1330 g/mol. The minimum Gasteiger partial charge on any atom is -0.390 e. The molecule has 0 unspecified atom stereocenters. The van der Waals surface area contributed by atoms with E-state index in [9.17, 15) is 33.9 Å². The molecule has 2 fully saturated rings. The number of hydrogen-bond donors (Lipinski definition) is 4. The summed E-state index contributed by atoms with van der Waals surface area (Å²) in [6.45, 7) is 32.8. The molecule has 2 aliphatic heterocycles. The van der Waals surface area contributed by atoms with Crippen LogP contribution in [0.25, 0.3) is 0 Å². The van der Waals surface area contributed by atoms with Crippen LogP contribution in [0, 0.1) is 41.4 Å². The summed E-state index contributed by atoms with van der Waals surface area (Å²) in [5.41, 5.74) is 0. The van der Waals surface area contributed by atoms with Crippen LogP contribution in [-0.2, 0) is 52.7 Å². The van der Waals surface area contributed by atoms with Gasteiger partial charge in [-0.1, -0.05) is 109 Å². The monoisotopic (exact) mass is 1330 g/mol. The second kappa shape index (κ2) is 39.1. The number of aliphatic hydroxyl groups excluding tert-OH is 1. The molecule has 0 aliphatic carbocycles. The van der Waals surface area contributed by atoms with Crippen LogP contribution in [0.15, 0.2) is 12.2 Å². The molecule has 2 rings (SSSR count). The zero-order chi connectivity index (χ0) is 72.1. The molecule has 12 atom stereocenters. The first-order chi connectivity index (χ1) is 43.7. The Hall–Kier alpha value is -6.17. The zero-order valence-electron chi connectivity index (χ0n) is 62.1. The fourth-order valence-corrected chi connectivity index (χ4v) is 12.9. The highest BCUT2D eigenvalue weighted by atomic mass is 16.3. The van der Waals surface area contributed by atoms with Crippen molar-refractivity contribution >= 4 is 65.0 Å². The first-order valence-corrected chi connectivity index (χ1v) is 34.8. The van der Waals surface area contributed by atoms with E-state index in [0.717, 1.165) is 42.3 Å². The number of aliphatic hydroxyl groups is 1. The Morgan fingerprint density at radius 1 is 0.468 bits per heavy atom. The second-order valence-electron chi connectivity index (χ2n) is 29.3. The molecule has 94 heavy (non-hydrogen) atoms. The third-order valence-electron chi connectivity index (χ3n) is 18.7. The Morgan fingerprint density at radius 3 is 1.37 bits per heavy atom. The van der Waals surface area contributed by atoms with E-state index in [-0.39, 0.29) is 62.3 Å². The van der Waals surface area contributed by atoms with Crippen LogP contribution >= 0.6 is 0 Å². The highest BCUT2D eigenvalue weighted by molar-refractivity contribution is 5.99. The molecule has 24 nitrogen and oxygen atoms in total. The number of unbranched alkanes of at least 4 members (excludes halogenated alkanes) is 1. The lowest BCUT2D eigenvalue weighted by Gasteiger charge is -2.41. The van der Waals surface area contributed by atoms with Gasteiger partial charge in [0.05, 0.1) is 12.6 Å². The van der Waals surface area contributed by atoms with Crippen molar-refractivity contribution in [1.29, 1.82) is 0 Å². The molecule has 0 aromatic rings. The molecule has 2 aliphatic rings. The van der Waals surface area contributed by atoms with Gasteiger partial charge in [-0.3, -0.25) is 52.7 Å². The van der Waals surface area contributed by atoms with Crippen molar-refractivity contribution in [2.75, 3.05) is 82.1 Å². The minimum atomic E-state index is -1.61. The van der Waals surface area contributed by atoms with E-state index in [4.69, 9.17) is 0 Å². The van der Waals surface area contributed by atoms with E-state index in [1.165, 1.54) is 87.7 Å². The van der Waals surface area contributed by atoms with Crippen LogP contribution in [0.5, 0.6) is 0 Å². The molecule has 0 spiro atoms. The lowest BCUT2D eigenvalue weighted by molar-refractivity contribution is -0.157. The maximum absolute atomic E-state index is 15.7. The maximum atomic E-state index is 15.7. The van der Waals surface area contributed by atoms with Crippen molar-refractivity contribution in [1.82, 2.24) is 60.0 Å². The van der Waals surface area contributed by atoms with Gasteiger partial charge in [0.15, 0.2) is 0 Å². The normalized spacial score (nSPS) is 26.6. The molecule has 2 heterocycles. The molecule has 0 saturated carbocycles. The molecular formula is C70H126N12O12. The molecule has 11 amide bonds. The SMILES string of the molecule is C/C=C/C[C@@H](C)[C@@H](O)[C@H]1C(=O)N[C@@H](CC)C(=O)N(C)CC(=O)N(C)[C@@H](CC(C)C)C(=O)N(CCCCN2CCCC2)[C@@H](C(C)C)C(=O)N(C)[C@@H](CC(C)C)C(=O)N[C@@H](C)C(=O)N[C@H](C)C(=O)N(C)[C@@H](CC(C)C)C(=O)N(C)[C@@H](CC(C)C)C(=O)N(C)[C@@H](C(C)C)C(=O)N1C. The summed E-state index contributed by atoms with van der Waals surface area (Å²) in [4.78, 5) is 177. The standard InChI is InChI=1S/C70H126N12O12/c1-25-27-32-48(15)60(84)59-63(87)73-51(26-2)65(89)74(18)41-56(83)75(19)55(40-45(9)10)68(92)82(36-31-30-35-81-33-28-29-34-81)58(47(13)14)70(94)76(20)52(37-42(3)4)62(86)71-49(16)61(85)72-50(17)64(88)77(21)53(38-43(5)6)66(90)78(22)54(39-44(7)8)67(91)79(23)57(46(11)12)69(93)80(59)24/h25,27,42-55,57-60,84H,26,28-41H2,1-24H3,(H,71,86)(H,72,85)(H,73,87)/b27-25+/t48-,49+,50-,51+,52+,53+,54+,55+,57+,58+,59+,60-/m1/s1. The zero-order valence-corrected chi connectivity index (χ0v) is 62.1. The molecule has 2 saturated heterocycles. The van der Waals surface area contributed by atoms with Crippen molar-refractivity contribution in [2.24, 2.45) is 41.4 Å². The smallest absolute Gasteiger partial charge is 0.246 e. The van der Waals surface area contributed by atoms with Crippen molar-refractivity contribution < 1.29 is 57.8 Å². The van der Waals surface area contributed by atoms with Crippen LogP contribution in [0.1, 0.15) is 182 Å². The lowest BCUT2D eigenvalue weighted by atomic mass is 9.91. The van der Waals surface area contributed by atoms with Crippen molar-refractivity contribution in [3.8, 4) is 0 Å². The predicted molar refractivity (Wildman–Crippen MR) is 367 cm³/mol. The predicted octanol–water partition coefficient (Wildman–Crippen LogP) is 4.86. The Balaban J connectivity index is 3.07. The molecule has 0 aromatic heterocycles. The number of hydrogen-bond acceptors (Lipinski definition) is 13. The Bertz CT molecular complexity index is 2550.